The second kappa shape index (κ2) is 5.80. The van der Waals surface area contributed by atoms with Gasteiger partial charge in [-0.3, -0.25) is 4.79 Å². The summed E-state index contributed by atoms with van der Waals surface area (Å²) in [5, 5.41) is 0. The molecular weight excluding hydrogens is 314 g/mol. The van der Waals surface area contributed by atoms with Gasteiger partial charge in [0.1, 0.15) is 0 Å². The number of hydrogen-bond acceptors (Lipinski definition) is 1. The minimum atomic E-state index is 0.132. The van der Waals surface area contributed by atoms with Gasteiger partial charge < -0.3 is 4.90 Å². The van der Waals surface area contributed by atoms with Crippen molar-refractivity contribution >= 4 is 21.8 Å². The van der Waals surface area contributed by atoms with Crippen LogP contribution in [-0.2, 0) is 6.54 Å². The van der Waals surface area contributed by atoms with Crippen molar-refractivity contribution in [3.63, 3.8) is 0 Å². The van der Waals surface area contributed by atoms with E-state index in [0.717, 1.165) is 28.4 Å². The SMILES string of the molecule is O=C(c1ccccc1)N(Cc1cccc(Br)c1)C1CC1. The summed E-state index contributed by atoms with van der Waals surface area (Å²) in [5.74, 6) is 0.132. The zero-order valence-electron chi connectivity index (χ0n) is 11.1. The molecule has 102 valence electrons. The highest BCUT2D eigenvalue weighted by molar-refractivity contribution is 9.10. The molecule has 1 aliphatic rings. The molecule has 1 amide bonds. The molecule has 20 heavy (non-hydrogen) atoms. The zero-order valence-corrected chi connectivity index (χ0v) is 12.7. The Labute approximate surface area is 127 Å². The topological polar surface area (TPSA) is 20.3 Å². The van der Waals surface area contributed by atoms with Gasteiger partial charge in [0.2, 0.25) is 0 Å². The normalized spacial score (nSPS) is 14.1. The van der Waals surface area contributed by atoms with Gasteiger partial charge in [0.05, 0.1) is 0 Å². The second-order valence-electron chi connectivity index (χ2n) is 5.16. The average molecular weight is 330 g/mol. The van der Waals surface area contributed by atoms with Gasteiger partial charge in [-0.2, -0.15) is 0 Å². The van der Waals surface area contributed by atoms with E-state index in [2.05, 4.69) is 28.1 Å². The fourth-order valence-corrected chi connectivity index (χ4v) is 2.78. The van der Waals surface area contributed by atoms with Crippen LogP contribution in [0.2, 0.25) is 0 Å². The summed E-state index contributed by atoms with van der Waals surface area (Å²) >= 11 is 3.48. The van der Waals surface area contributed by atoms with E-state index in [9.17, 15) is 4.79 Å². The molecule has 2 aromatic rings. The van der Waals surface area contributed by atoms with Gasteiger partial charge in [-0.05, 0) is 42.7 Å². The van der Waals surface area contributed by atoms with Crippen molar-refractivity contribution in [3.05, 3.63) is 70.2 Å². The van der Waals surface area contributed by atoms with Crippen LogP contribution in [0.1, 0.15) is 28.8 Å². The van der Waals surface area contributed by atoms with Crippen molar-refractivity contribution in [2.24, 2.45) is 0 Å². The third kappa shape index (κ3) is 3.10. The Balaban J connectivity index is 1.81. The van der Waals surface area contributed by atoms with Gasteiger partial charge in [-0.15, -0.1) is 0 Å². The van der Waals surface area contributed by atoms with E-state index in [4.69, 9.17) is 0 Å². The predicted octanol–water partition coefficient (Wildman–Crippen LogP) is 4.25. The number of carbonyl (C=O) groups excluding carboxylic acids is 1. The Morgan fingerprint density at radius 2 is 1.85 bits per heavy atom. The third-order valence-corrected chi connectivity index (χ3v) is 4.00. The lowest BCUT2D eigenvalue weighted by atomic mass is 10.1. The van der Waals surface area contributed by atoms with E-state index in [1.165, 1.54) is 0 Å². The van der Waals surface area contributed by atoms with Crippen molar-refractivity contribution in [1.82, 2.24) is 4.90 Å². The fourth-order valence-electron chi connectivity index (χ4n) is 2.33. The van der Waals surface area contributed by atoms with E-state index in [-0.39, 0.29) is 5.91 Å². The summed E-state index contributed by atoms with van der Waals surface area (Å²) in [6, 6.07) is 18.1. The number of rotatable bonds is 4. The molecule has 1 aliphatic carbocycles. The summed E-state index contributed by atoms with van der Waals surface area (Å²) in [4.78, 5) is 14.6. The minimum Gasteiger partial charge on any atom is -0.331 e. The van der Waals surface area contributed by atoms with Crippen LogP contribution in [0.15, 0.2) is 59.1 Å². The molecule has 2 nitrogen and oxygen atoms in total. The van der Waals surface area contributed by atoms with Gasteiger partial charge in [0.15, 0.2) is 0 Å². The summed E-state index contributed by atoms with van der Waals surface area (Å²) in [5.41, 5.74) is 1.94. The van der Waals surface area contributed by atoms with Gasteiger partial charge in [-0.25, -0.2) is 0 Å². The number of carbonyl (C=O) groups is 1. The lowest BCUT2D eigenvalue weighted by Crippen LogP contribution is -2.32. The summed E-state index contributed by atoms with van der Waals surface area (Å²) in [7, 11) is 0. The highest BCUT2D eigenvalue weighted by atomic mass is 79.9. The van der Waals surface area contributed by atoms with Crippen LogP contribution < -0.4 is 0 Å². The number of amides is 1. The largest absolute Gasteiger partial charge is 0.331 e. The van der Waals surface area contributed by atoms with E-state index in [1.807, 2.05) is 47.4 Å². The lowest BCUT2D eigenvalue weighted by Gasteiger charge is -2.22. The van der Waals surface area contributed by atoms with E-state index in [0.29, 0.717) is 12.6 Å². The summed E-state index contributed by atoms with van der Waals surface area (Å²) in [6.45, 7) is 0.678. The van der Waals surface area contributed by atoms with Crippen molar-refractivity contribution in [2.45, 2.75) is 25.4 Å². The maximum Gasteiger partial charge on any atom is 0.254 e. The maximum absolute atomic E-state index is 12.6. The Morgan fingerprint density at radius 1 is 1.10 bits per heavy atom. The minimum absolute atomic E-state index is 0.132. The average Bonchev–Trinajstić information content (AvgIpc) is 3.30. The lowest BCUT2D eigenvalue weighted by molar-refractivity contribution is 0.0730. The number of nitrogens with zero attached hydrogens (tertiary/aromatic N) is 1. The van der Waals surface area contributed by atoms with Crippen LogP contribution in [0, 0.1) is 0 Å². The standard InChI is InChI=1S/C17H16BrNO/c18-15-8-4-5-13(11-15)12-19(16-9-10-16)17(20)14-6-2-1-3-7-14/h1-8,11,16H,9-10,12H2. The summed E-state index contributed by atoms with van der Waals surface area (Å²) < 4.78 is 1.05. The fraction of sp³-hybridized carbons (Fsp3) is 0.235. The van der Waals surface area contributed by atoms with Crippen molar-refractivity contribution in [1.29, 1.82) is 0 Å². The molecule has 0 N–H and O–H groups in total. The number of hydrogen-bond donors (Lipinski definition) is 0. The first kappa shape index (κ1) is 13.4. The Bertz CT molecular complexity index is 607. The van der Waals surface area contributed by atoms with E-state index in [1.54, 1.807) is 0 Å². The van der Waals surface area contributed by atoms with Crippen molar-refractivity contribution in [2.75, 3.05) is 0 Å². The molecule has 2 aromatic carbocycles. The van der Waals surface area contributed by atoms with Gasteiger partial charge in [0, 0.05) is 22.6 Å². The number of halogens is 1. The molecular formula is C17H16BrNO. The van der Waals surface area contributed by atoms with Crippen LogP contribution in [0.4, 0.5) is 0 Å². The third-order valence-electron chi connectivity index (χ3n) is 3.51. The van der Waals surface area contributed by atoms with Crippen LogP contribution in [0.5, 0.6) is 0 Å². The first-order valence-corrected chi connectivity index (χ1v) is 7.64. The molecule has 0 saturated heterocycles. The van der Waals surface area contributed by atoms with Crippen LogP contribution in [0.25, 0.3) is 0 Å². The Hall–Kier alpha value is -1.61. The monoisotopic (exact) mass is 329 g/mol. The number of benzene rings is 2. The van der Waals surface area contributed by atoms with Crippen LogP contribution >= 0.6 is 15.9 Å². The van der Waals surface area contributed by atoms with Gasteiger partial charge in [-0.1, -0.05) is 46.3 Å². The van der Waals surface area contributed by atoms with Crippen molar-refractivity contribution in [3.8, 4) is 0 Å². The molecule has 0 bridgehead atoms. The smallest absolute Gasteiger partial charge is 0.254 e. The second-order valence-corrected chi connectivity index (χ2v) is 6.08. The molecule has 0 unspecified atom stereocenters. The van der Waals surface area contributed by atoms with Crippen molar-refractivity contribution < 1.29 is 4.79 Å². The first-order valence-electron chi connectivity index (χ1n) is 6.84. The Morgan fingerprint density at radius 3 is 2.50 bits per heavy atom. The molecule has 0 aliphatic heterocycles. The highest BCUT2D eigenvalue weighted by Gasteiger charge is 2.32. The molecule has 0 heterocycles. The van der Waals surface area contributed by atoms with E-state index >= 15 is 0 Å². The van der Waals surface area contributed by atoms with Gasteiger partial charge in [0.25, 0.3) is 5.91 Å². The van der Waals surface area contributed by atoms with E-state index < -0.39 is 0 Å². The predicted molar refractivity (Wildman–Crippen MR) is 83.5 cm³/mol. The summed E-state index contributed by atoms with van der Waals surface area (Å²) in [6.07, 6.45) is 2.24. The first-order chi connectivity index (χ1) is 9.74. The van der Waals surface area contributed by atoms with Crippen LogP contribution in [0.3, 0.4) is 0 Å². The Kier molecular flexibility index (Phi) is 3.88. The highest BCUT2D eigenvalue weighted by Crippen LogP contribution is 2.30. The molecule has 1 saturated carbocycles. The zero-order chi connectivity index (χ0) is 13.9. The van der Waals surface area contributed by atoms with Crippen LogP contribution in [-0.4, -0.2) is 16.8 Å². The van der Waals surface area contributed by atoms with Gasteiger partial charge >= 0.3 is 0 Å². The molecule has 0 aromatic heterocycles. The molecule has 0 spiro atoms. The molecule has 1 fully saturated rings. The molecule has 3 heteroatoms. The molecule has 3 rings (SSSR count). The molecule has 0 atom stereocenters. The maximum atomic E-state index is 12.6. The quantitative estimate of drug-likeness (QED) is 0.820. The molecule has 0 radical (unpaired) electrons.